The van der Waals surface area contributed by atoms with E-state index >= 15 is 0 Å². The third kappa shape index (κ3) is 3.05. The predicted molar refractivity (Wildman–Crippen MR) is 74.7 cm³/mol. The van der Waals surface area contributed by atoms with Gasteiger partial charge >= 0.3 is 0 Å². The van der Waals surface area contributed by atoms with Gasteiger partial charge in [-0.2, -0.15) is 0 Å². The van der Waals surface area contributed by atoms with Crippen molar-refractivity contribution >= 4 is 0 Å². The van der Waals surface area contributed by atoms with Crippen molar-refractivity contribution in [1.29, 1.82) is 0 Å². The highest BCUT2D eigenvalue weighted by Crippen LogP contribution is 2.32. The van der Waals surface area contributed by atoms with Gasteiger partial charge in [-0.05, 0) is 58.3 Å². The Morgan fingerprint density at radius 3 is 2.83 bits per heavy atom. The number of likely N-dealkylation sites (tertiary alicyclic amines) is 2. The fourth-order valence-electron chi connectivity index (χ4n) is 3.60. The lowest BCUT2D eigenvalue weighted by Crippen LogP contribution is -2.53. The first-order valence-corrected chi connectivity index (χ1v) is 7.33. The summed E-state index contributed by atoms with van der Waals surface area (Å²) in [5.74, 6) is 0.708. The van der Waals surface area contributed by atoms with Gasteiger partial charge in [-0.3, -0.25) is 4.90 Å². The van der Waals surface area contributed by atoms with Crippen LogP contribution in [0.5, 0.6) is 0 Å². The first-order valence-electron chi connectivity index (χ1n) is 7.33. The summed E-state index contributed by atoms with van der Waals surface area (Å²) in [7, 11) is 4.03. The van der Waals surface area contributed by atoms with E-state index in [9.17, 15) is 0 Å². The molecule has 0 aromatic rings. The van der Waals surface area contributed by atoms with E-state index in [0.717, 1.165) is 13.2 Å². The summed E-state index contributed by atoms with van der Waals surface area (Å²) in [6.07, 6.45) is 5.03. The molecule has 4 heteroatoms. The number of hydrogen-bond donors (Lipinski definition) is 1. The van der Waals surface area contributed by atoms with Crippen LogP contribution in [-0.2, 0) is 4.74 Å². The molecule has 0 saturated carbocycles. The number of nitrogens with zero attached hydrogens (tertiary/aromatic N) is 2. The predicted octanol–water partition coefficient (Wildman–Crippen LogP) is 0.768. The topological polar surface area (TPSA) is 41.7 Å². The molecule has 2 saturated heterocycles. The van der Waals surface area contributed by atoms with Crippen molar-refractivity contribution in [2.75, 3.05) is 53.5 Å². The van der Waals surface area contributed by atoms with Crippen molar-refractivity contribution in [3.8, 4) is 0 Å². The van der Waals surface area contributed by atoms with Gasteiger partial charge < -0.3 is 15.4 Å². The van der Waals surface area contributed by atoms with Crippen LogP contribution >= 0.6 is 0 Å². The largest absolute Gasteiger partial charge is 0.384 e. The smallest absolute Gasteiger partial charge is 0.0503 e. The minimum absolute atomic E-state index is 0.257. The molecular formula is C14H29N3O. The van der Waals surface area contributed by atoms with Crippen LogP contribution in [0, 0.1) is 5.92 Å². The van der Waals surface area contributed by atoms with Gasteiger partial charge in [-0.15, -0.1) is 0 Å². The Morgan fingerprint density at radius 2 is 2.11 bits per heavy atom. The Kier molecular flexibility index (Phi) is 5.01. The van der Waals surface area contributed by atoms with Crippen molar-refractivity contribution < 1.29 is 4.74 Å². The summed E-state index contributed by atoms with van der Waals surface area (Å²) >= 11 is 0. The minimum atomic E-state index is 0.257. The zero-order chi connectivity index (χ0) is 13.0. The van der Waals surface area contributed by atoms with Gasteiger partial charge in [0.15, 0.2) is 0 Å². The normalized spacial score (nSPS) is 35.8. The van der Waals surface area contributed by atoms with E-state index in [0.29, 0.717) is 5.92 Å². The number of methoxy groups -OCH3 is 1. The molecular weight excluding hydrogens is 226 g/mol. The molecule has 0 amide bonds. The molecule has 2 heterocycles. The van der Waals surface area contributed by atoms with Crippen LogP contribution in [0.4, 0.5) is 0 Å². The van der Waals surface area contributed by atoms with Crippen molar-refractivity contribution in [3.05, 3.63) is 0 Å². The third-order valence-electron chi connectivity index (χ3n) is 4.88. The maximum atomic E-state index is 6.16. The van der Waals surface area contributed by atoms with Crippen molar-refractivity contribution in [2.45, 2.75) is 31.2 Å². The van der Waals surface area contributed by atoms with Crippen LogP contribution in [0.25, 0.3) is 0 Å². The molecule has 2 unspecified atom stereocenters. The molecule has 2 aliphatic rings. The van der Waals surface area contributed by atoms with Crippen molar-refractivity contribution in [1.82, 2.24) is 9.80 Å². The summed E-state index contributed by atoms with van der Waals surface area (Å²) < 4.78 is 5.30. The molecule has 0 bridgehead atoms. The molecule has 0 aromatic heterocycles. The molecule has 0 radical (unpaired) electrons. The molecule has 2 fully saturated rings. The third-order valence-corrected chi connectivity index (χ3v) is 4.88. The van der Waals surface area contributed by atoms with E-state index in [2.05, 4.69) is 16.8 Å². The Morgan fingerprint density at radius 1 is 1.28 bits per heavy atom. The second kappa shape index (κ2) is 6.33. The van der Waals surface area contributed by atoms with Gasteiger partial charge in [-0.25, -0.2) is 0 Å². The average molecular weight is 255 g/mol. The van der Waals surface area contributed by atoms with E-state index in [4.69, 9.17) is 10.5 Å². The zero-order valence-corrected chi connectivity index (χ0v) is 12.0. The maximum Gasteiger partial charge on any atom is 0.0503 e. The molecule has 4 nitrogen and oxygen atoms in total. The average Bonchev–Trinajstić information content (AvgIpc) is 2.75. The maximum absolute atomic E-state index is 6.16. The number of rotatable bonds is 4. The van der Waals surface area contributed by atoms with Crippen molar-refractivity contribution in [3.63, 3.8) is 0 Å². The molecule has 2 aliphatic heterocycles. The van der Waals surface area contributed by atoms with E-state index in [-0.39, 0.29) is 5.54 Å². The van der Waals surface area contributed by atoms with E-state index in [1.165, 1.54) is 51.9 Å². The molecule has 0 aliphatic carbocycles. The van der Waals surface area contributed by atoms with Gasteiger partial charge in [0.1, 0.15) is 0 Å². The number of nitrogens with two attached hydrogens (primary N) is 1. The monoisotopic (exact) mass is 255 g/mol. The Labute approximate surface area is 111 Å². The first kappa shape index (κ1) is 14.3. The molecule has 0 spiro atoms. The fraction of sp³-hybridized carbons (Fsp3) is 1.00. The summed E-state index contributed by atoms with van der Waals surface area (Å²) in [5, 5.41) is 0. The minimum Gasteiger partial charge on any atom is -0.384 e. The Hall–Kier alpha value is -0.160. The number of ether oxygens (including phenoxy) is 1. The van der Waals surface area contributed by atoms with E-state index < -0.39 is 0 Å². The number of hydrogen-bond acceptors (Lipinski definition) is 4. The van der Waals surface area contributed by atoms with Crippen LogP contribution < -0.4 is 5.73 Å². The highest BCUT2D eigenvalue weighted by atomic mass is 16.5. The highest BCUT2D eigenvalue weighted by molar-refractivity contribution is 4.97. The second-order valence-corrected chi connectivity index (χ2v) is 6.14. The molecule has 106 valence electrons. The van der Waals surface area contributed by atoms with Crippen LogP contribution in [0.1, 0.15) is 25.7 Å². The molecule has 2 N–H and O–H groups in total. The van der Waals surface area contributed by atoms with E-state index in [1.54, 1.807) is 0 Å². The van der Waals surface area contributed by atoms with Crippen molar-refractivity contribution in [2.24, 2.45) is 11.7 Å². The first-order chi connectivity index (χ1) is 8.70. The summed E-state index contributed by atoms with van der Waals surface area (Å²) in [5.41, 5.74) is 6.42. The summed E-state index contributed by atoms with van der Waals surface area (Å²) in [6, 6.07) is 0. The lowest BCUT2D eigenvalue weighted by atomic mass is 9.88. The van der Waals surface area contributed by atoms with Gasteiger partial charge in [0.05, 0.1) is 6.61 Å². The van der Waals surface area contributed by atoms with Crippen LogP contribution in [-0.4, -0.2) is 68.8 Å². The SMILES string of the molecule is COCC1CCN(C2(CN)CCCN(C)CC2)C1. The lowest BCUT2D eigenvalue weighted by Gasteiger charge is -2.41. The molecule has 0 aromatic carbocycles. The summed E-state index contributed by atoms with van der Waals surface area (Å²) in [6.45, 7) is 6.49. The van der Waals surface area contributed by atoms with Gasteiger partial charge in [-0.1, -0.05) is 0 Å². The second-order valence-electron chi connectivity index (χ2n) is 6.14. The standard InChI is InChI=1S/C14H29N3O/c1-16-7-3-5-14(12-15,6-9-16)17-8-4-13(10-17)11-18-2/h13H,3-12,15H2,1-2H3. The molecule has 18 heavy (non-hydrogen) atoms. The highest BCUT2D eigenvalue weighted by Gasteiger charge is 2.40. The molecule has 2 rings (SSSR count). The summed E-state index contributed by atoms with van der Waals surface area (Å²) in [4.78, 5) is 5.11. The lowest BCUT2D eigenvalue weighted by molar-refractivity contribution is 0.0901. The van der Waals surface area contributed by atoms with Crippen LogP contribution in [0.15, 0.2) is 0 Å². The van der Waals surface area contributed by atoms with E-state index in [1.807, 2.05) is 7.11 Å². The van der Waals surface area contributed by atoms with Crippen LogP contribution in [0.3, 0.4) is 0 Å². The van der Waals surface area contributed by atoms with Gasteiger partial charge in [0.25, 0.3) is 0 Å². The molecule has 2 atom stereocenters. The zero-order valence-electron chi connectivity index (χ0n) is 12.0. The Bertz CT molecular complexity index is 261. The Balaban J connectivity index is 1.99. The van der Waals surface area contributed by atoms with Gasteiger partial charge in [0.2, 0.25) is 0 Å². The quantitative estimate of drug-likeness (QED) is 0.805. The van der Waals surface area contributed by atoms with Gasteiger partial charge in [0, 0.05) is 25.7 Å². The fourth-order valence-corrected chi connectivity index (χ4v) is 3.60. The van der Waals surface area contributed by atoms with Crippen LogP contribution in [0.2, 0.25) is 0 Å².